The van der Waals surface area contributed by atoms with Gasteiger partial charge in [0.1, 0.15) is 5.82 Å². The van der Waals surface area contributed by atoms with Gasteiger partial charge in [-0.3, -0.25) is 4.98 Å². The lowest BCUT2D eigenvalue weighted by Crippen LogP contribution is -2.09. The predicted molar refractivity (Wildman–Crippen MR) is 72.8 cm³/mol. The van der Waals surface area contributed by atoms with Crippen molar-refractivity contribution in [1.29, 1.82) is 0 Å². The van der Waals surface area contributed by atoms with Crippen molar-refractivity contribution in [2.24, 2.45) is 0 Å². The number of nitrogens with one attached hydrogen (secondary N) is 1. The molecule has 0 saturated heterocycles. The summed E-state index contributed by atoms with van der Waals surface area (Å²) in [5, 5.41) is 14.3. The van der Waals surface area contributed by atoms with Crippen LogP contribution in [0.25, 0.3) is 0 Å². The van der Waals surface area contributed by atoms with Crippen LogP contribution in [0.2, 0.25) is 0 Å². The molecule has 0 radical (unpaired) electrons. The molecule has 2 heterocycles. The number of carbonyl (C=O) groups is 1. The van der Waals surface area contributed by atoms with Gasteiger partial charge in [0.05, 0.1) is 16.4 Å². The number of aryl methyl sites for hydroxylation is 2. The van der Waals surface area contributed by atoms with Crippen LogP contribution in [0.4, 0.5) is 5.82 Å². The average molecular weight is 278 g/mol. The maximum Gasteiger partial charge on any atom is 0.355 e. The molecule has 2 aromatic rings. The lowest BCUT2D eigenvalue weighted by molar-refractivity contribution is 0.0691. The van der Waals surface area contributed by atoms with Crippen molar-refractivity contribution in [2.75, 3.05) is 11.9 Å². The Balaban J connectivity index is 1.92. The number of rotatable bonds is 5. The van der Waals surface area contributed by atoms with E-state index in [-0.39, 0.29) is 5.69 Å². The molecule has 0 aliphatic heterocycles. The molecule has 0 atom stereocenters. The number of aromatic nitrogens is 3. The van der Waals surface area contributed by atoms with Gasteiger partial charge in [0.15, 0.2) is 5.69 Å². The van der Waals surface area contributed by atoms with Gasteiger partial charge in [-0.2, -0.15) is 0 Å². The van der Waals surface area contributed by atoms with E-state index in [1.807, 2.05) is 13.8 Å². The molecule has 0 amide bonds. The Kier molecular flexibility index (Phi) is 4.06. The minimum atomic E-state index is -0.990. The number of hydrogen-bond acceptors (Lipinski definition) is 6. The molecule has 0 unspecified atom stereocenters. The summed E-state index contributed by atoms with van der Waals surface area (Å²) in [6.07, 6.45) is 2.38. The Bertz CT molecular complexity index is 597. The molecular formula is C12H14N4O2S. The molecule has 19 heavy (non-hydrogen) atoms. The molecule has 0 aliphatic carbocycles. The van der Waals surface area contributed by atoms with Crippen molar-refractivity contribution in [1.82, 2.24) is 15.0 Å². The maximum absolute atomic E-state index is 10.7. The maximum atomic E-state index is 10.7. The summed E-state index contributed by atoms with van der Waals surface area (Å²) in [6.45, 7) is 4.42. The van der Waals surface area contributed by atoms with Crippen molar-refractivity contribution in [3.05, 3.63) is 33.7 Å². The molecule has 2 rings (SSSR count). The zero-order valence-electron chi connectivity index (χ0n) is 10.7. The Labute approximate surface area is 114 Å². The molecule has 7 heteroatoms. The minimum absolute atomic E-state index is 0.103. The molecule has 100 valence electrons. The van der Waals surface area contributed by atoms with Crippen molar-refractivity contribution >= 4 is 23.1 Å². The molecule has 6 nitrogen and oxygen atoms in total. The number of aromatic carboxylic acids is 1. The highest BCUT2D eigenvalue weighted by Crippen LogP contribution is 2.12. The number of carboxylic acid groups (broad SMARTS) is 1. The first kappa shape index (κ1) is 13.4. The molecule has 0 bridgehead atoms. The highest BCUT2D eigenvalue weighted by atomic mass is 32.1. The highest BCUT2D eigenvalue weighted by molar-refractivity contribution is 7.09. The number of carboxylic acids is 1. The SMILES string of the molecule is Cc1cnc(C)c(NCCc2nc(C(=O)O)cs2)n1. The fourth-order valence-corrected chi connectivity index (χ4v) is 2.29. The summed E-state index contributed by atoms with van der Waals surface area (Å²) in [6, 6.07) is 0. The van der Waals surface area contributed by atoms with Gasteiger partial charge in [0.25, 0.3) is 0 Å². The molecule has 0 aromatic carbocycles. The third-order valence-electron chi connectivity index (χ3n) is 2.48. The molecule has 0 aliphatic rings. The van der Waals surface area contributed by atoms with Crippen LogP contribution in [0.3, 0.4) is 0 Å². The normalized spacial score (nSPS) is 10.4. The average Bonchev–Trinajstić information content (AvgIpc) is 2.82. The fourth-order valence-electron chi connectivity index (χ4n) is 1.52. The molecule has 0 saturated carbocycles. The van der Waals surface area contributed by atoms with Crippen LogP contribution in [-0.2, 0) is 6.42 Å². The van der Waals surface area contributed by atoms with E-state index < -0.39 is 5.97 Å². The molecular weight excluding hydrogens is 264 g/mol. The summed E-state index contributed by atoms with van der Waals surface area (Å²) < 4.78 is 0. The van der Waals surface area contributed by atoms with E-state index in [0.29, 0.717) is 13.0 Å². The van der Waals surface area contributed by atoms with E-state index in [4.69, 9.17) is 5.11 Å². The molecule has 0 fully saturated rings. The summed E-state index contributed by atoms with van der Waals surface area (Å²) in [7, 11) is 0. The van der Waals surface area contributed by atoms with Gasteiger partial charge in [0.2, 0.25) is 0 Å². The third-order valence-corrected chi connectivity index (χ3v) is 3.39. The van der Waals surface area contributed by atoms with E-state index in [1.54, 1.807) is 11.6 Å². The number of hydrogen-bond donors (Lipinski definition) is 2. The van der Waals surface area contributed by atoms with Crippen molar-refractivity contribution in [3.8, 4) is 0 Å². The van der Waals surface area contributed by atoms with Crippen LogP contribution in [0.15, 0.2) is 11.6 Å². The smallest absolute Gasteiger partial charge is 0.355 e. The number of anilines is 1. The number of thiazole rings is 1. The quantitative estimate of drug-likeness (QED) is 0.868. The van der Waals surface area contributed by atoms with Gasteiger partial charge in [-0.05, 0) is 13.8 Å². The van der Waals surface area contributed by atoms with Gasteiger partial charge < -0.3 is 10.4 Å². The summed E-state index contributed by atoms with van der Waals surface area (Å²) in [5.74, 6) is -0.231. The van der Waals surface area contributed by atoms with Gasteiger partial charge >= 0.3 is 5.97 Å². The Morgan fingerprint density at radius 1 is 1.42 bits per heavy atom. The largest absolute Gasteiger partial charge is 0.476 e. The summed E-state index contributed by atoms with van der Waals surface area (Å²) in [5.41, 5.74) is 1.80. The van der Waals surface area contributed by atoms with Crippen LogP contribution in [-0.4, -0.2) is 32.6 Å². The standard InChI is InChI=1S/C12H14N4O2S/c1-7-5-14-8(2)11(15-7)13-4-3-10-16-9(6-19-10)12(17)18/h5-6H,3-4H2,1-2H3,(H,13,15)(H,17,18). The second kappa shape index (κ2) is 5.75. The summed E-state index contributed by atoms with van der Waals surface area (Å²) >= 11 is 1.35. The zero-order valence-corrected chi connectivity index (χ0v) is 11.5. The first-order chi connectivity index (χ1) is 9.06. The highest BCUT2D eigenvalue weighted by Gasteiger charge is 2.08. The third kappa shape index (κ3) is 3.47. The first-order valence-electron chi connectivity index (χ1n) is 5.78. The molecule has 0 spiro atoms. The number of nitrogens with zero attached hydrogens (tertiary/aromatic N) is 3. The zero-order chi connectivity index (χ0) is 13.8. The van der Waals surface area contributed by atoms with Crippen LogP contribution in [0, 0.1) is 13.8 Å². The van der Waals surface area contributed by atoms with Gasteiger partial charge in [-0.25, -0.2) is 14.8 Å². The van der Waals surface area contributed by atoms with Crippen LogP contribution >= 0.6 is 11.3 Å². The van der Waals surface area contributed by atoms with Gasteiger partial charge in [-0.15, -0.1) is 11.3 Å². The molecule has 2 aromatic heterocycles. The molecule has 2 N–H and O–H groups in total. The van der Waals surface area contributed by atoms with E-state index in [2.05, 4.69) is 20.3 Å². The monoisotopic (exact) mass is 278 g/mol. The fraction of sp³-hybridized carbons (Fsp3) is 0.333. The Morgan fingerprint density at radius 2 is 2.21 bits per heavy atom. The van der Waals surface area contributed by atoms with Crippen LogP contribution in [0.1, 0.15) is 26.9 Å². The second-order valence-electron chi connectivity index (χ2n) is 4.05. The van der Waals surface area contributed by atoms with Gasteiger partial charge in [-0.1, -0.05) is 0 Å². The second-order valence-corrected chi connectivity index (χ2v) is 5.00. The van der Waals surface area contributed by atoms with Crippen molar-refractivity contribution in [2.45, 2.75) is 20.3 Å². The van der Waals surface area contributed by atoms with Crippen LogP contribution in [0.5, 0.6) is 0 Å². The first-order valence-corrected chi connectivity index (χ1v) is 6.66. The predicted octanol–water partition coefficient (Wildman–Crippen LogP) is 1.90. The van der Waals surface area contributed by atoms with Crippen LogP contribution < -0.4 is 5.32 Å². The van der Waals surface area contributed by atoms with E-state index in [0.717, 1.165) is 22.2 Å². The van der Waals surface area contributed by atoms with E-state index >= 15 is 0 Å². The van der Waals surface area contributed by atoms with E-state index in [1.165, 1.54) is 11.3 Å². The lowest BCUT2D eigenvalue weighted by Gasteiger charge is -2.07. The van der Waals surface area contributed by atoms with E-state index in [9.17, 15) is 4.79 Å². The van der Waals surface area contributed by atoms with Crippen molar-refractivity contribution < 1.29 is 9.90 Å². The van der Waals surface area contributed by atoms with Gasteiger partial charge in [0, 0.05) is 24.5 Å². The summed E-state index contributed by atoms with van der Waals surface area (Å²) in [4.78, 5) is 23.3. The minimum Gasteiger partial charge on any atom is -0.476 e. The lowest BCUT2D eigenvalue weighted by atomic mass is 10.4. The Hall–Kier alpha value is -2.02. The Morgan fingerprint density at radius 3 is 2.89 bits per heavy atom. The topological polar surface area (TPSA) is 88.0 Å². The van der Waals surface area contributed by atoms with Crippen molar-refractivity contribution in [3.63, 3.8) is 0 Å².